The summed E-state index contributed by atoms with van der Waals surface area (Å²) in [5, 5.41) is 3.98. The lowest BCUT2D eigenvalue weighted by atomic mass is 9.86. The van der Waals surface area contributed by atoms with Gasteiger partial charge in [-0.3, -0.25) is 9.80 Å². The van der Waals surface area contributed by atoms with Crippen molar-refractivity contribution in [3.63, 3.8) is 0 Å². The molecule has 0 aromatic rings. The van der Waals surface area contributed by atoms with E-state index >= 15 is 0 Å². The second kappa shape index (κ2) is 5.50. The first kappa shape index (κ1) is 14.5. The molecule has 1 spiro atoms. The molecule has 0 aromatic heterocycles. The highest BCUT2D eigenvalue weighted by molar-refractivity contribution is 5.07. The van der Waals surface area contributed by atoms with Crippen LogP contribution in [0.15, 0.2) is 0 Å². The van der Waals surface area contributed by atoms with Crippen LogP contribution in [-0.2, 0) is 0 Å². The molecule has 0 bridgehead atoms. The molecule has 4 aliphatic rings. The summed E-state index contributed by atoms with van der Waals surface area (Å²) >= 11 is 0. The third-order valence-electron chi connectivity index (χ3n) is 6.92. The normalized spacial score (nSPS) is 40.4. The molecular formula is C18H33N3. The average Bonchev–Trinajstić information content (AvgIpc) is 3.14. The van der Waals surface area contributed by atoms with Crippen LogP contribution < -0.4 is 5.32 Å². The first-order valence-electron chi connectivity index (χ1n) is 9.43. The number of hydrogen-bond donors (Lipinski definition) is 1. The van der Waals surface area contributed by atoms with Crippen molar-refractivity contribution in [1.29, 1.82) is 0 Å². The van der Waals surface area contributed by atoms with Crippen LogP contribution in [-0.4, -0.2) is 59.6 Å². The van der Waals surface area contributed by atoms with E-state index in [1.54, 1.807) is 0 Å². The van der Waals surface area contributed by atoms with Crippen molar-refractivity contribution < 1.29 is 0 Å². The smallest absolute Gasteiger partial charge is 0.0309 e. The number of hydrogen-bond acceptors (Lipinski definition) is 3. The maximum atomic E-state index is 3.98. The first-order valence-corrected chi connectivity index (χ1v) is 9.43. The molecule has 3 atom stereocenters. The monoisotopic (exact) mass is 291 g/mol. The van der Waals surface area contributed by atoms with Crippen LogP contribution >= 0.6 is 0 Å². The molecule has 3 heterocycles. The van der Waals surface area contributed by atoms with Gasteiger partial charge in [0, 0.05) is 43.3 Å². The third-order valence-corrected chi connectivity index (χ3v) is 6.92. The van der Waals surface area contributed by atoms with Gasteiger partial charge in [-0.25, -0.2) is 0 Å². The molecule has 1 aliphatic carbocycles. The molecule has 3 aliphatic heterocycles. The van der Waals surface area contributed by atoms with Crippen molar-refractivity contribution in [3.8, 4) is 0 Å². The number of piperazine rings is 1. The summed E-state index contributed by atoms with van der Waals surface area (Å²) < 4.78 is 0. The SMILES string of the molecule is CC(C)C1CNC2(CCCC2)CN1C1CCN2CCCC12. The molecule has 0 amide bonds. The van der Waals surface area contributed by atoms with Crippen LogP contribution in [0.25, 0.3) is 0 Å². The van der Waals surface area contributed by atoms with Crippen molar-refractivity contribution in [3.05, 3.63) is 0 Å². The standard InChI is InChI=1S/C18H33N3/c1-14(2)17-12-19-18(8-3-4-9-18)13-21(17)16-7-11-20-10-5-6-15(16)20/h14-17,19H,3-13H2,1-2H3. The van der Waals surface area contributed by atoms with Gasteiger partial charge in [-0.05, 0) is 44.6 Å². The van der Waals surface area contributed by atoms with Crippen molar-refractivity contribution in [2.75, 3.05) is 26.2 Å². The van der Waals surface area contributed by atoms with E-state index in [2.05, 4.69) is 29.0 Å². The lowest BCUT2D eigenvalue weighted by Crippen LogP contribution is -2.67. The number of rotatable bonds is 2. The van der Waals surface area contributed by atoms with Gasteiger partial charge in [0.25, 0.3) is 0 Å². The molecule has 0 aromatic carbocycles. The van der Waals surface area contributed by atoms with Crippen LogP contribution in [0.4, 0.5) is 0 Å². The fraction of sp³-hybridized carbons (Fsp3) is 1.00. The van der Waals surface area contributed by atoms with E-state index in [9.17, 15) is 0 Å². The molecule has 1 N–H and O–H groups in total. The highest BCUT2D eigenvalue weighted by atomic mass is 15.3. The summed E-state index contributed by atoms with van der Waals surface area (Å²) in [7, 11) is 0. The minimum Gasteiger partial charge on any atom is -0.308 e. The lowest BCUT2D eigenvalue weighted by Gasteiger charge is -2.51. The van der Waals surface area contributed by atoms with E-state index in [1.165, 1.54) is 71.1 Å². The van der Waals surface area contributed by atoms with Crippen molar-refractivity contribution in [2.45, 2.75) is 82.5 Å². The number of nitrogens with zero attached hydrogens (tertiary/aromatic N) is 2. The summed E-state index contributed by atoms with van der Waals surface area (Å²) in [6, 6.07) is 2.48. The zero-order chi connectivity index (χ0) is 14.4. The van der Waals surface area contributed by atoms with Gasteiger partial charge in [-0.2, -0.15) is 0 Å². The Morgan fingerprint density at radius 1 is 1.00 bits per heavy atom. The summed E-state index contributed by atoms with van der Waals surface area (Å²) in [4.78, 5) is 5.76. The summed E-state index contributed by atoms with van der Waals surface area (Å²) in [6.45, 7) is 10.1. The first-order chi connectivity index (χ1) is 10.2. The minimum absolute atomic E-state index is 0.470. The van der Waals surface area contributed by atoms with Gasteiger partial charge in [0.1, 0.15) is 0 Å². The third kappa shape index (κ3) is 2.46. The average molecular weight is 291 g/mol. The maximum absolute atomic E-state index is 3.98. The van der Waals surface area contributed by atoms with Gasteiger partial charge >= 0.3 is 0 Å². The van der Waals surface area contributed by atoms with Crippen LogP contribution in [0.5, 0.6) is 0 Å². The quantitative estimate of drug-likeness (QED) is 0.843. The molecule has 3 unspecified atom stereocenters. The van der Waals surface area contributed by atoms with Crippen LogP contribution in [0, 0.1) is 5.92 Å². The van der Waals surface area contributed by atoms with E-state index in [4.69, 9.17) is 0 Å². The van der Waals surface area contributed by atoms with Gasteiger partial charge in [0.2, 0.25) is 0 Å². The van der Waals surface area contributed by atoms with E-state index in [0.717, 1.165) is 24.0 Å². The zero-order valence-electron chi connectivity index (χ0n) is 14.0. The second-order valence-corrected chi connectivity index (χ2v) is 8.45. The lowest BCUT2D eigenvalue weighted by molar-refractivity contribution is 0.0129. The Labute approximate surface area is 130 Å². The molecule has 0 radical (unpaired) electrons. The Balaban J connectivity index is 1.56. The fourth-order valence-electron chi connectivity index (χ4n) is 5.77. The Morgan fingerprint density at radius 2 is 1.81 bits per heavy atom. The minimum atomic E-state index is 0.470. The van der Waals surface area contributed by atoms with Crippen molar-refractivity contribution in [1.82, 2.24) is 15.1 Å². The van der Waals surface area contributed by atoms with E-state index in [0.29, 0.717) is 5.54 Å². The Bertz CT molecular complexity index is 375. The highest BCUT2D eigenvalue weighted by Crippen LogP contribution is 2.39. The fourth-order valence-corrected chi connectivity index (χ4v) is 5.77. The van der Waals surface area contributed by atoms with Gasteiger partial charge < -0.3 is 5.32 Å². The second-order valence-electron chi connectivity index (χ2n) is 8.45. The summed E-state index contributed by atoms with van der Waals surface area (Å²) in [6.07, 6.45) is 10.0. The number of nitrogens with one attached hydrogen (secondary N) is 1. The van der Waals surface area contributed by atoms with Crippen LogP contribution in [0.2, 0.25) is 0 Å². The van der Waals surface area contributed by atoms with Gasteiger partial charge in [0.05, 0.1) is 0 Å². The maximum Gasteiger partial charge on any atom is 0.0309 e. The Kier molecular flexibility index (Phi) is 3.79. The molecule has 4 fully saturated rings. The van der Waals surface area contributed by atoms with Crippen LogP contribution in [0.1, 0.15) is 58.8 Å². The highest BCUT2D eigenvalue weighted by Gasteiger charge is 2.48. The zero-order valence-corrected chi connectivity index (χ0v) is 14.0. The summed E-state index contributed by atoms with van der Waals surface area (Å²) in [5.41, 5.74) is 0.470. The topological polar surface area (TPSA) is 18.5 Å². The summed E-state index contributed by atoms with van der Waals surface area (Å²) in [5.74, 6) is 0.770. The Hall–Kier alpha value is -0.120. The molecule has 4 rings (SSSR count). The van der Waals surface area contributed by atoms with E-state index in [-0.39, 0.29) is 0 Å². The molecule has 1 saturated carbocycles. The van der Waals surface area contributed by atoms with Gasteiger partial charge in [-0.1, -0.05) is 26.7 Å². The predicted molar refractivity (Wildman–Crippen MR) is 87.5 cm³/mol. The van der Waals surface area contributed by atoms with Gasteiger partial charge in [-0.15, -0.1) is 0 Å². The molecule has 3 nitrogen and oxygen atoms in total. The molecule has 3 heteroatoms. The van der Waals surface area contributed by atoms with Crippen LogP contribution in [0.3, 0.4) is 0 Å². The Morgan fingerprint density at radius 3 is 2.57 bits per heavy atom. The van der Waals surface area contributed by atoms with Crippen molar-refractivity contribution >= 4 is 0 Å². The van der Waals surface area contributed by atoms with E-state index in [1.807, 2.05) is 0 Å². The molecular weight excluding hydrogens is 258 g/mol. The predicted octanol–water partition coefficient (Wildman–Crippen LogP) is 2.47. The molecule has 21 heavy (non-hydrogen) atoms. The van der Waals surface area contributed by atoms with E-state index < -0.39 is 0 Å². The molecule has 120 valence electrons. The number of fused-ring (bicyclic) bond motifs is 1. The molecule has 3 saturated heterocycles. The van der Waals surface area contributed by atoms with Gasteiger partial charge in [0.15, 0.2) is 0 Å². The largest absolute Gasteiger partial charge is 0.308 e. The van der Waals surface area contributed by atoms with Crippen molar-refractivity contribution in [2.24, 2.45) is 5.92 Å².